The van der Waals surface area contributed by atoms with Crippen LogP contribution in [0.3, 0.4) is 0 Å². The van der Waals surface area contributed by atoms with Gasteiger partial charge in [0.2, 0.25) is 0 Å². The Labute approximate surface area is 167 Å². The molecule has 0 unspecified atom stereocenters. The smallest absolute Gasteiger partial charge is 0.343 e. The normalized spacial score (nSPS) is 13.5. The molecule has 0 radical (unpaired) electrons. The zero-order chi connectivity index (χ0) is 21.2. The van der Waals surface area contributed by atoms with Gasteiger partial charge in [0.05, 0.1) is 22.4 Å². The van der Waals surface area contributed by atoms with Crippen LogP contribution in [0.1, 0.15) is 49.5 Å². The van der Waals surface area contributed by atoms with Gasteiger partial charge in [-0.25, -0.2) is 4.79 Å². The van der Waals surface area contributed by atoms with Crippen LogP contribution in [0.25, 0.3) is 0 Å². The highest BCUT2D eigenvalue weighted by Crippen LogP contribution is 2.25. The SMILES string of the molecule is Cc1cccc(OC(=O)c2ccc3c(c2)C(=O)N(CCCCS(=O)(=O)O)C3=O)c1. The van der Waals surface area contributed by atoms with Gasteiger partial charge in [0, 0.05) is 6.54 Å². The number of carbonyl (C=O) groups is 3. The lowest BCUT2D eigenvalue weighted by atomic mass is 10.1. The van der Waals surface area contributed by atoms with Crippen LogP contribution in [0.15, 0.2) is 42.5 Å². The fourth-order valence-electron chi connectivity index (χ4n) is 3.02. The third-order valence-corrected chi connectivity index (χ3v) is 5.25. The number of hydrogen-bond acceptors (Lipinski definition) is 6. The summed E-state index contributed by atoms with van der Waals surface area (Å²) in [4.78, 5) is 38.4. The molecule has 2 aromatic carbocycles. The van der Waals surface area contributed by atoms with E-state index < -0.39 is 33.7 Å². The van der Waals surface area contributed by atoms with Crippen LogP contribution in [0.4, 0.5) is 0 Å². The number of benzene rings is 2. The minimum Gasteiger partial charge on any atom is -0.423 e. The van der Waals surface area contributed by atoms with Crippen LogP contribution in [0.5, 0.6) is 5.75 Å². The lowest BCUT2D eigenvalue weighted by Crippen LogP contribution is -2.30. The third-order valence-electron chi connectivity index (χ3n) is 4.44. The summed E-state index contributed by atoms with van der Waals surface area (Å²) < 4.78 is 35.6. The largest absolute Gasteiger partial charge is 0.423 e. The molecule has 0 atom stereocenters. The predicted octanol–water partition coefficient (Wildman–Crippen LogP) is 2.48. The average molecular weight is 417 g/mol. The Hall–Kier alpha value is -3.04. The number of amides is 2. The Kier molecular flexibility index (Phi) is 5.81. The molecule has 0 saturated carbocycles. The number of aryl methyl sites for hydroxylation is 1. The monoisotopic (exact) mass is 417 g/mol. The molecule has 0 saturated heterocycles. The molecular weight excluding hydrogens is 398 g/mol. The van der Waals surface area contributed by atoms with Crippen molar-refractivity contribution in [2.75, 3.05) is 12.3 Å². The fraction of sp³-hybridized carbons (Fsp3) is 0.250. The van der Waals surface area contributed by atoms with Gasteiger partial charge >= 0.3 is 5.97 Å². The number of unbranched alkanes of at least 4 members (excludes halogenated alkanes) is 1. The van der Waals surface area contributed by atoms with Crippen LogP contribution < -0.4 is 4.74 Å². The number of nitrogens with zero attached hydrogens (tertiary/aromatic N) is 1. The molecule has 152 valence electrons. The highest BCUT2D eigenvalue weighted by atomic mass is 32.2. The summed E-state index contributed by atoms with van der Waals surface area (Å²) in [5.74, 6) is -1.77. The molecule has 0 aromatic heterocycles. The van der Waals surface area contributed by atoms with Gasteiger partial charge in [-0.1, -0.05) is 12.1 Å². The number of carbonyl (C=O) groups excluding carboxylic acids is 3. The van der Waals surface area contributed by atoms with Gasteiger partial charge in [-0.3, -0.25) is 19.0 Å². The molecule has 1 aliphatic heterocycles. The lowest BCUT2D eigenvalue weighted by molar-refractivity contribution is 0.0651. The van der Waals surface area contributed by atoms with Crippen molar-refractivity contribution in [3.05, 3.63) is 64.7 Å². The van der Waals surface area contributed by atoms with Crippen molar-refractivity contribution in [3.63, 3.8) is 0 Å². The number of ether oxygens (including phenoxy) is 1. The van der Waals surface area contributed by atoms with Gasteiger partial charge < -0.3 is 4.74 Å². The van der Waals surface area contributed by atoms with Crippen LogP contribution in [-0.4, -0.2) is 48.0 Å². The van der Waals surface area contributed by atoms with Gasteiger partial charge in [0.15, 0.2) is 0 Å². The quantitative estimate of drug-likeness (QED) is 0.242. The second-order valence-corrected chi connectivity index (χ2v) is 8.29. The molecule has 1 aliphatic rings. The van der Waals surface area contributed by atoms with E-state index in [1.165, 1.54) is 18.2 Å². The van der Waals surface area contributed by atoms with E-state index in [0.29, 0.717) is 5.75 Å². The maximum Gasteiger partial charge on any atom is 0.343 e. The topological polar surface area (TPSA) is 118 Å². The minimum atomic E-state index is -4.08. The first-order valence-corrected chi connectivity index (χ1v) is 10.5. The summed E-state index contributed by atoms with van der Waals surface area (Å²) in [6, 6.07) is 11.1. The van der Waals surface area contributed by atoms with Crippen LogP contribution in [-0.2, 0) is 10.1 Å². The molecule has 1 heterocycles. The van der Waals surface area contributed by atoms with Gasteiger partial charge in [-0.2, -0.15) is 8.42 Å². The van der Waals surface area contributed by atoms with Crippen molar-refractivity contribution >= 4 is 27.9 Å². The van der Waals surface area contributed by atoms with Gasteiger partial charge in [0.1, 0.15) is 5.75 Å². The van der Waals surface area contributed by atoms with Crippen LogP contribution in [0, 0.1) is 6.92 Å². The standard InChI is InChI=1S/C20H19NO7S/c1-13-5-4-6-15(11-13)28-20(24)14-7-8-16-17(12-14)19(23)21(18(16)22)9-2-3-10-29(25,26)27/h4-8,11-12H,2-3,9-10H2,1H3,(H,25,26,27). The Bertz CT molecular complexity index is 1090. The van der Waals surface area contributed by atoms with Crippen LogP contribution in [0.2, 0.25) is 0 Å². The molecule has 2 amide bonds. The summed E-state index contributed by atoms with van der Waals surface area (Å²) in [7, 11) is -4.08. The molecule has 29 heavy (non-hydrogen) atoms. The number of imide groups is 1. The Morgan fingerprint density at radius 2 is 1.76 bits per heavy atom. The minimum absolute atomic E-state index is 0.0188. The predicted molar refractivity (Wildman–Crippen MR) is 104 cm³/mol. The maximum atomic E-state index is 12.6. The molecule has 3 rings (SSSR count). The highest BCUT2D eigenvalue weighted by molar-refractivity contribution is 7.85. The van der Waals surface area contributed by atoms with E-state index in [0.717, 1.165) is 10.5 Å². The van der Waals surface area contributed by atoms with Crippen molar-refractivity contribution in [3.8, 4) is 5.75 Å². The molecule has 0 aliphatic carbocycles. The summed E-state index contributed by atoms with van der Waals surface area (Å²) in [5, 5.41) is 0. The van der Waals surface area contributed by atoms with E-state index in [-0.39, 0.29) is 36.1 Å². The van der Waals surface area contributed by atoms with Gasteiger partial charge in [0.25, 0.3) is 21.9 Å². The second kappa shape index (κ2) is 8.14. The van der Waals surface area contributed by atoms with Crippen molar-refractivity contribution < 1.29 is 32.1 Å². The Morgan fingerprint density at radius 3 is 2.45 bits per heavy atom. The molecule has 0 fully saturated rings. The molecule has 1 N–H and O–H groups in total. The van der Waals surface area contributed by atoms with Gasteiger partial charge in [-0.05, 0) is 55.7 Å². The first kappa shape index (κ1) is 20.7. The first-order valence-electron chi connectivity index (χ1n) is 8.90. The summed E-state index contributed by atoms with van der Waals surface area (Å²) in [6.45, 7) is 1.88. The fourth-order valence-corrected chi connectivity index (χ4v) is 3.59. The third kappa shape index (κ3) is 4.87. The Morgan fingerprint density at radius 1 is 1.03 bits per heavy atom. The van der Waals surface area contributed by atoms with Crippen molar-refractivity contribution in [2.24, 2.45) is 0 Å². The van der Waals surface area contributed by atoms with E-state index in [4.69, 9.17) is 9.29 Å². The lowest BCUT2D eigenvalue weighted by Gasteiger charge is -2.12. The highest BCUT2D eigenvalue weighted by Gasteiger charge is 2.35. The number of rotatable bonds is 7. The second-order valence-electron chi connectivity index (χ2n) is 6.72. The van der Waals surface area contributed by atoms with Crippen molar-refractivity contribution in [1.29, 1.82) is 0 Å². The molecule has 2 aromatic rings. The zero-order valence-electron chi connectivity index (χ0n) is 15.6. The molecular formula is C20H19NO7S. The van der Waals surface area contributed by atoms with E-state index >= 15 is 0 Å². The molecule has 9 heteroatoms. The molecule has 0 bridgehead atoms. The first-order chi connectivity index (χ1) is 13.7. The van der Waals surface area contributed by atoms with Crippen LogP contribution >= 0.6 is 0 Å². The van der Waals surface area contributed by atoms with E-state index in [1.54, 1.807) is 18.2 Å². The summed E-state index contributed by atoms with van der Waals surface area (Å²) >= 11 is 0. The number of esters is 1. The van der Waals surface area contributed by atoms with Crippen molar-refractivity contribution in [1.82, 2.24) is 4.90 Å². The maximum absolute atomic E-state index is 12.6. The molecule has 8 nitrogen and oxygen atoms in total. The van der Waals surface area contributed by atoms with Gasteiger partial charge in [-0.15, -0.1) is 0 Å². The zero-order valence-corrected chi connectivity index (χ0v) is 16.4. The molecule has 0 spiro atoms. The average Bonchev–Trinajstić information content (AvgIpc) is 2.88. The Balaban J connectivity index is 1.70. The van der Waals surface area contributed by atoms with E-state index in [1.807, 2.05) is 13.0 Å². The van der Waals surface area contributed by atoms with Crippen molar-refractivity contribution in [2.45, 2.75) is 19.8 Å². The number of hydrogen-bond donors (Lipinski definition) is 1. The van der Waals surface area contributed by atoms with E-state index in [2.05, 4.69) is 0 Å². The van der Waals surface area contributed by atoms with E-state index in [9.17, 15) is 22.8 Å². The number of fused-ring (bicyclic) bond motifs is 1. The summed E-state index contributed by atoms with van der Waals surface area (Å²) in [6.07, 6.45) is 0.341. The summed E-state index contributed by atoms with van der Waals surface area (Å²) in [5.41, 5.74) is 1.34.